The zero-order valence-electron chi connectivity index (χ0n) is 15.8. The van der Waals surface area contributed by atoms with E-state index in [0.717, 1.165) is 38.0 Å². The third-order valence-electron chi connectivity index (χ3n) is 6.03. The number of amides is 1. The van der Waals surface area contributed by atoms with Crippen molar-refractivity contribution in [2.75, 3.05) is 26.2 Å². The number of halogens is 1. The first-order valence-electron chi connectivity index (χ1n) is 9.63. The van der Waals surface area contributed by atoms with E-state index < -0.39 is 0 Å². The number of hydrogen-bond acceptors (Lipinski definition) is 2. The van der Waals surface area contributed by atoms with E-state index in [1.807, 2.05) is 0 Å². The molecule has 0 saturated carbocycles. The molecule has 25 heavy (non-hydrogen) atoms. The van der Waals surface area contributed by atoms with Crippen LogP contribution in [-0.2, 0) is 4.79 Å². The Morgan fingerprint density at radius 2 is 1.56 bits per heavy atom. The SMILES string of the molecule is CC(C)c1ccc(C(C)CC(=O)N2CC[C@@H]3CNC[C@@H]3CC2)cc1.Cl. The number of rotatable bonds is 4. The van der Waals surface area contributed by atoms with Gasteiger partial charge in [0.15, 0.2) is 0 Å². The summed E-state index contributed by atoms with van der Waals surface area (Å²) in [6.45, 7) is 10.8. The van der Waals surface area contributed by atoms with Crippen molar-refractivity contribution in [2.45, 2.75) is 51.9 Å². The smallest absolute Gasteiger partial charge is 0.223 e. The van der Waals surface area contributed by atoms with E-state index in [4.69, 9.17) is 0 Å². The monoisotopic (exact) mass is 364 g/mol. The van der Waals surface area contributed by atoms with Crippen LogP contribution in [0, 0.1) is 11.8 Å². The lowest BCUT2D eigenvalue weighted by molar-refractivity contribution is -0.131. The quantitative estimate of drug-likeness (QED) is 0.869. The molecule has 2 saturated heterocycles. The Kier molecular flexibility index (Phi) is 7.33. The van der Waals surface area contributed by atoms with Gasteiger partial charge in [-0.25, -0.2) is 0 Å². The average molecular weight is 365 g/mol. The highest BCUT2D eigenvalue weighted by molar-refractivity contribution is 5.85. The maximum atomic E-state index is 12.7. The highest BCUT2D eigenvalue weighted by Gasteiger charge is 2.31. The summed E-state index contributed by atoms with van der Waals surface area (Å²) < 4.78 is 0. The summed E-state index contributed by atoms with van der Waals surface area (Å²) in [6, 6.07) is 8.82. The third-order valence-corrected chi connectivity index (χ3v) is 6.03. The first kappa shape index (κ1) is 20.3. The lowest BCUT2D eigenvalue weighted by Gasteiger charge is -2.23. The van der Waals surface area contributed by atoms with E-state index in [2.05, 4.69) is 55.3 Å². The molecule has 0 spiro atoms. The molecule has 1 amide bonds. The van der Waals surface area contributed by atoms with Gasteiger partial charge in [0.1, 0.15) is 0 Å². The van der Waals surface area contributed by atoms with Crippen molar-refractivity contribution in [3.05, 3.63) is 35.4 Å². The maximum Gasteiger partial charge on any atom is 0.223 e. The molecule has 2 fully saturated rings. The van der Waals surface area contributed by atoms with Crippen molar-refractivity contribution in [3.63, 3.8) is 0 Å². The van der Waals surface area contributed by atoms with E-state index in [0.29, 0.717) is 24.2 Å². The second-order valence-corrected chi connectivity index (χ2v) is 8.06. The van der Waals surface area contributed by atoms with Gasteiger partial charge in [0.05, 0.1) is 0 Å². The molecule has 1 aromatic rings. The van der Waals surface area contributed by atoms with Crippen LogP contribution in [-0.4, -0.2) is 37.0 Å². The molecule has 0 aliphatic carbocycles. The van der Waals surface area contributed by atoms with Crippen molar-refractivity contribution in [1.29, 1.82) is 0 Å². The van der Waals surface area contributed by atoms with Gasteiger partial charge >= 0.3 is 0 Å². The summed E-state index contributed by atoms with van der Waals surface area (Å²) in [5, 5.41) is 3.50. The van der Waals surface area contributed by atoms with E-state index in [1.165, 1.54) is 24.0 Å². The van der Waals surface area contributed by atoms with E-state index in [9.17, 15) is 4.79 Å². The van der Waals surface area contributed by atoms with Gasteiger partial charge in [0, 0.05) is 19.5 Å². The molecule has 0 radical (unpaired) electrons. The van der Waals surface area contributed by atoms with E-state index in [-0.39, 0.29) is 12.4 Å². The molecule has 0 aromatic heterocycles. The Morgan fingerprint density at radius 3 is 2.08 bits per heavy atom. The molecular weight excluding hydrogens is 332 g/mol. The van der Waals surface area contributed by atoms with E-state index in [1.54, 1.807) is 0 Å². The molecule has 140 valence electrons. The number of hydrogen-bond donors (Lipinski definition) is 1. The van der Waals surface area contributed by atoms with Crippen LogP contribution >= 0.6 is 12.4 Å². The molecule has 1 unspecified atom stereocenters. The second-order valence-electron chi connectivity index (χ2n) is 8.06. The predicted octanol–water partition coefficient (Wildman–Crippen LogP) is 4.18. The normalized spacial score (nSPS) is 24.4. The van der Waals surface area contributed by atoms with Crippen LogP contribution in [0.2, 0.25) is 0 Å². The number of nitrogens with one attached hydrogen (secondary N) is 1. The van der Waals surface area contributed by atoms with Crippen LogP contribution < -0.4 is 5.32 Å². The zero-order valence-corrected chi connectivity index (χ0v) is 16.6. The van der Waals surface area contributed by atoms with Crippen molar-refractivity contribution in [2.24, 2.45) is 11.8 Å². The number of carbonyl (C=O) groups excluding carboxylic acids is 1. The highest BCUT2D eigenvalue weighted by atomic mass is 35.5. The third kappa shape index (κ3) is 4.98. The minimum atomic E-state index is 0. The Hall–Kier alpha value is -1.06. The van der Waals surface area contributed by atoms with Crippen molar-refractivity contribution in [1.82, 2.24) is 10.2 Å². The van der Waals surface area contributed by atoms with Gasteiger partial charge in [-0.3, -0.25) is 4.79 Å². The minimum Gasteiger partial charge on any atom is -0.343 e. The van der Waals surface area contributed by atoms with Crippen molar-refractivity contribution < 1.29 is 4.79 Å². The molecule has 0 bridgehead atoms. The van der Waals surface area contributed by atoms with Gasteiger partial charge in [-0.1, -0.05) is 45.0 Å². The minimum absolute atomic E-state index is 0. The summed E-state index contributed by atoms with van der Waals surface area (Å²) in [4.78, 5) is 14.9. The van der Waals surface area contributed by atoms with Crippen molar-refractivity contribution >= 4 is 18.3 Å². The molecule has 2 aliphatic rings. The van der Waals surface area contributed by atoms with Gasteiger partial charge in [0.2, 0.25) is 5.91 Å². The van der Waals surface area contributed by atoms with Crippen LogP contribution in [0.1, 0.15) is 63.0 Å². The summed E-state index contributed by atoms with van der Waals surface area (Å²) in [6.07, 6.45) is 2.97. The highest BCUT2D eigenvalue weighted by Crippen LogP contribution is 2.28. The Morgan fingerprint density at radius 1 is 1.04 bits per heavy atom. The van der Waals surface area contributed by atoms with Gasteiger partial charge in [0.25, 0.3) is 0 Å². The second kappa shape index (κ2) is 9.05. The zero-order chi connectivity index (χ0) is 17.1. The molecule has 1 N–H and O–H groups in total. The van der Waals surface area contributed by atoms with Crippen LogP contribution in [0.3, 0.4) is 0 Å². The number of likely N-dealkylation sites (tertiary alicyclic amines) is 1. The van der Waals surface area contributed by atoms with Crippen LogP contribution in [0.15, 0.2) is 24.3 Å². The number of fused-ring (bicyclic) bond motifs is 1. The lowest BCUT2D eigenvalue weighted by Crippen LogP contribution is -2.33. The summed E-state index contributed by atoms with van der Waals surface area (Å²) in [5.41, 5.74) is 2.65. The Bertz CT molecular complexity index is 544. The molecule has 3 nitrogen and oxygen atoms in total. The standard InChI is InChI=1S/C21H32N2O.ClH/c1-15(2)17-4-6-18(7-5-17)16(3)12-21(24)23-10-8-19-13-22-14-20(19)9-11-23;/h4-7,15-16,19-20,22H,8-14H2,1-3H3;1H/t16?,19-,20+;. The van der Waals surface area contributed by atoms with Gasteiger partial charge in [-0.15, -0.1) is 12.4 Å². The van der Waals surface area contributed by atoms with Crippen LogP contribution in [0.5, 0.6) is 0 Å². The molecule has 3 rings (SSSR count). The molecule has 4 heteroatoms. The van der Waals surface area contributed by atoms with Crippen LogP contribution in [0.4, 0.5) is 0 Å². The van der Waals surface area contributed by atoms with Crippen LogP contribution in [0.25, 0.3) is 0 Å². The molecule has 2 aliphatic heterocycles. The topological polar surface area (TPSA) is 32.3 Å². The summed E-state index contributed by atoms with van der Waals surface area (Å²) in [5.74, 6) is 2.75. The summed E-state index contributed by atoms with van der Waals surface area (Å²) in [7, 11) is 0. The van der Waals surface area contributed by atoms with Gasteiger partial charge in [-0.2, -0.15) is 0 Å². The number of benzene rings is 1. The number of nitrogens with zero attached hydrogens (tertiary/aromatic N) is 1. The first-order valence-corrected chi connectivity index (χ1v) is 9.63. The maximum absolute atomic E-state index is 12.7. The Labute approximate surface area is 159 Å². The molecule has 3 atom stereocenters. The average Bonchev–Trinajstić information content (AvgIpc) is 2.93. The predicted molar refractivity (Wildman–Crippen MR) is 106 cm³/mol. The van der Waals surface area contributed by atoms with Crippen molar-refractivity contribution in [3.8, 4) is 0 Å². The molecule has 1 aromatic carbocycles. The fourth-order valence-electron chi connectivity index (χ4n) is 4.19. The van der Waals surface area contributed by atoms with Gasteiger partial charge < -0.3 is 10.2 Å². The lowest BCUT2D eigenvalue weighted by atomic mass is 9.92. The molecular formula is C21H33ClN2O. The van der Waals surface area contributed by atoms with E-state index >= 15 is 0 Å². The molecule has 2 heterocycles. The summed E-state index contributed by atoms with van der Waals surface area (Å²) >= 11 is 0. The van der Waals surface area contributed by atoms with Gasteiger partial charge in [-0.05, 0) is 60.7 Å². The number of carbonyl (C=O) groups is 1. The first-order chi connectivity index (χ1) is 11.5. The largest absolute Gasteiger partial charge is 0.343 e. The fourth-order valence-corrected chi connectivity index (χ4v) is 4.19. The Balaban J connectivity index is 0.00000225. The fraction of sp³-hybridized carbons (Fsp3) is 0.667.